The first-order valence-corrected chi connectivity index (χ1v) is 10.6. The Balaban J connectivity index is 1.55. The third kappa shape index (κ3) is 5.65. The summed E-state index contributed by atoms with van der Waals surface area (Å²) in [6.07, 6.45) is 0. The molecule has 0 aliphatic heterocycles. The number of amides is 2. The molecule has 3 rings (SSSR count). The normalized spacial score (nSPS) is 11.5. The number of carbonyl (C=O) groups excluding carboxylic acids is 2. The van der Waals surface area contributed by atoms with Crippen LogP contribution in [0.25, 0.3) is 0 Å². The molecule has 8 nitrogen and oxygen atoms in total. The lowest BCUT2D eigenvalue weighted by Gasteiger charge is -2.11. The van der Waals surface area contributed by atoms with Crippen LogP contribution in [0.5, 0.6) is 0 Å². The molecule has 2 aromatic carbocycles. The molecule has 154 valence electrons. The molecule has 2 N–H and O–H groups in total. The average molecular weight is 443 g/mol. The van der Waals surface area contributed by atoms with Crippen LogP contribution in [0.3, 0.4) is 0 Å². The highest BCUT2D eigenvalue weighted by Crippen LogP contribution is 2.26. The van der Waals surface area contributed by atoms with Crippen LogP contribution in [-0.2, 0) is 4.79 Å². The summed E-state index contributed by atoms with van der Waals surface area (Å²) in [5.41, 5.74) is 1.69. The zero-order valence-corrected chi connectivity index (χ0v) is 17.8. The van der Waals surface area contributed by atoms with Gasteiger partial charge in [-0.2, -0.15) is 0 Å². The molecule has 0 saturated carbocycles. The lowest BCUT2D eigenvalue weighted by molar-refractivity contribution is -0.384. The summed E-state index contributed by atoms with van der Waals surface area (Å²) < 4.78 is 0. The van der Waals surface area contributed by atoms with Gasteiger partial charge in [-0.3, -0.25) is 19.7 Å². The van der Waals surface area contributed by atoms with E-state index in [4.69, 9.17) is 0 Å². The van der Waals surface area contributed by atoms with E-state index in [9.17, 15) is 19.7 Å². The number of rotatable bonds is 7. The Morgan fingerprint density at radius 2 is 1.77 bits per heavy atom. The highest BCUT2D eigenvalue weighted by Gasteiger charge is 2.16. The van der Waals surface area contributed by atoms with Crippen LogP contribution in [0.4, 0.5) is 16.5 Å². The average Bonchev–Trinajstić information content (AvgIpc) is 3.14. The van der Waals surface area contributed by atoms with Crippen molar-refractivity contribution < 1.29 is 14.5 Å². The number of carbonyl (C=O) groups is 2. The van der Waals surface area contributed by atoms with Gasteiger partial charge >= 0.3 is 0 Å². The molecule has 0 saturated heterocycles. The molecule has 2 amide bonds. The number of nitro benzene ring substituents is 1. The zero-order chi connectivity index (χ0) is 21.7. The van der Waals surface area contributed by atoms with E-state index in [0.717, 1.165) is 10.6 Å². The highest BCUT2D eigenvalue weighted by atomic mass is 32.2. The molecule has 30 heavy (non-hydrogen) atoms. The molecule has 1 atom stereocenters. The summed E-state index contributed by atoms with van der Waals surface area (Å²) in [5, 5.41) is 18.4. The topological polar surface area (TPSA) is 114 Å². The smallest absolute Gasteiger partial charge is 0.269 e. The number of hydrogen-bond acceptors (Lipinski definition) is 7. The maximum absolute atomic E-state index is 12.3. The van der Waals surface area contributed by atoms with Crippen LogP contribution in [0, 0.1) is 17.0 Å². The Hall–Kier alpha value is -3.24. The number of thioether (sulfide) groups is 1. The third-order valence-corrected chi connectivity index (χ3v) is 5.97. The summed E-state index contributed by atoms with van der Waals surface area (Å²) in [4.78, 5) is 39.8. The van der Waals surface area contributed by atoms with Crippen molar-refractivity contribution in [2.45, 2.75) is 24.0 Å². The number of non-ortho nitro benzene ring substituents is 1. The Bertz CT molecular complexity index is 1070. The predicted molar refractivity (Wildman–Crippen MR) is 118 cm³/mol. The number of nitrogens with zero attached hydrogens (tertiary/aromatic N) is 2. The van der Waals surface area contributed by atoms with Gasteiger partial charge in [-0.1, -0.05) is 0 Å². The van der Waals surface area contributed by atoms with Crippen molar-refractivity contribution in [2.24, 2.45) is 0 Å². The van der Waals surface area contributed by atoms with Crippen molar-refractivity contribution in [3.05, 3.63) is 75.3 Å². The van der Waals surface area contributed by atoms with E-state index >= 15 is 0 Å². The number of hydrogen-bond donors (Lipinski definition) is 2. The lowest BCUT2D eigenvalue weighted by atomic mass is 10.2. The molecule has 0 bridgehead atoms. The quantitative estimate of drug-likeness (QED) is 0.311. The van der Waals surface area contributed by atoms with Crippen molar-refractivity contribution in [1.82, 2.24) is 4.98 Å². The van der Waals surface area contributed by atoms with Gasteiger partial charge in [-0.25, -0.2) is 4.98 Å². The van der Waals surface area contributed by atoms with E-state index in [0.29, 0.717) is 16.4 Å². The zero-order valence-electron chi connectivity index (χ0n) is 16.1. The second-order valence-electron chi connectivity index (χ2n) is 6.33. The van der Waals surface area contributed by atoms with Crippen LogP contribution in [0.15, 0.2) is 58.8 Å². The fraction of sp³-hybridized carbons (Fsp3) is 0.150. The van der Waals surface area contributed by atoms with Crippen LogP contribution < -0.4 is 10.6 Å². The van der Waals surface area contributed by atoms with E-state index < -0.39 is 4.92 Å². The van der Waals surface area contributed by atoms with Crippen LogP contribution in [0.2, 0.25) is 0 Å². The fourth-order valence-electron chi connectivity index (χ4n) is 2.43. The summed E-state index contributed by atoms with van der Waals surface area (Å²) >= 11 is 2.78. The molecule has 0 fully saturated rings. The Labute approximate surface area is 180 Å². The predicted octanol–water partition coefficient (Wildman–Crippen LogP) is 4.73. The van der Waals surface area contributed by atoms with E-state index in [1.54, 1.807) is 12.1 Å². The molecular weight excluding hydrogens is 424 g/mol. The fourth-order valence-corrected chi connectivity index (χ4v) is 3.99. The molecule has 1 unspecified atom stereocenters. The van der Waals surface area contributed by atoms with Gasteiger partial charge in [0.15, 0.2) is 5.13 Å². The van der Waals surface area contributed by atoms with Crippen molar-refractivity contribution in [1.29, 1.82) is 0 Å². The van der Waals surface area contributed by atoms with E-state index in [-0.39, 0.29) is 22.8 Å². The van der Waals surface area contributed by atoms with Gasteiger partial charge in [0.05, 0.1) is 15.9 Å². The van der Waals surface area contributed by atoms with Crippen molar-refractivity contribution in [3.8, 4) is 0 Å². The minimum atomic E-state index is -0.517. The number of thiazole rings is 1. The molecule has 0 radical (unpaired) electrons. The second-order valence-corrected chi connectivity index (χ2v) is 8.60. The molecule has 10 heteroatoms. The Kier molecular flexibility index (Phi) is 6.80. The molecule has 0 aliphatic carbocycles. The largest absolute Gasteiger partial charge is 0.322 e. The van der Waals surface area contributed by atoms with Gasteiger partial charge in [0.2, 0.25) is 5.91 Å². The van der Waals surface area contributed by atoms with Gasteiger partial charge in [-0.15, -0.1) is 23.1 Å². The molecule has 1 aromatic heterocycles. The highest BCUT2D eigenvalue weighted by molar-refractivity contribution is 8.00. The number of nitrogens with one attached hydrogen (secondary N) is 2. The molecule has 1 heterocycles. The van der Waals surface area contributed by atoms with Crippen molar-refractivity contribution in [2.75, 3.05) is 10.6 Å². The van der Waals surface area contributed by atoms with Gasteiger partial charge in [0.25, 0.3) is 11.6 Å². The number of nitro groups is 1. The molecular formula is C20H18N4O4S2. The maximum atomic E-state index is 12.3. The standard InChI is InChI=1S/C20H18N4O4S2/c1-12-11-29-20(21-12)23-18(25)13(2)30-17-9-5-15(6-10-17)22-19(26)14-3-7-16(8-4-14)24(27)28/h3-11,13H,1-2H3,(H,22,26)(H,21,23,25). The molecule has 0 aliphatic rings. The number of aromatic nitrogens is 1. The first-order valence-electron chi connectivity index (χ1n) is 8.87. The summed E-state index contributed by atoms with van der Waals surface area (Å²) in [6, 6.07) is 12.5. The first-order chi connectivity index (χ1) is 14.3. The molecule has 0 spiro atoms. The van der Waals surface area contributed by atoms with Gasteiger partial charge in [-0.05, 0) is 50.2 Å². The van der Waals surface area contributed by atoms with E-state index in [1.165, 1.54) is 47.4 Å². The maximum Gasteiger partial charge on any atom is 0.269 e. The van der Waals surface area contributed by atoms with E-state index in [2.05, 4.69) is 15.6 Å². The third-order valence-electron chi connectivity index (χ3n) is 3.98. The van der Waals surface area contributed by atoms with Crippen LogP contribution in [0.1, 0.15) is 23.0 Å². The number of aryl methyl sites for hydroxylation is 1. The van der Waals surface area contributed by atoms with Gasteiger partial charge < -0.3 is 10.6 Å². The summed E-state index contributed by atoms with van der Waals surface area (Å²) in [7, 11) is 0. The van der Waals surface area contributed by atoms with Gasteiger partial charge in [0, 0.05) is 33.7 Å². The summed E-state index contributed by atoms with van der Waals surface area (Å²) in [5.74, 6) is -0.498. The Morgan fingerprint density at radius 1 is 1.10 bits per heavy atom. The minimum absolute atomic E-state index is 0.0731. The lowest BCUT2D eigenvalue weighted by Crippen LogP contribution is -2.22. The van der Waals surface area contributed by atoms with Crippen LogP contribution >= 0.6 is 23.1 Å². The number of benzene rings is 2. The second kappa shape index (κ2) is 9.51. The SMILES string of the molecule is Cc1csc(NC(=O)C(C)Sc2ccc(NC(=O)c3ccc([N+](=O)[O-])cc3)cc2)n1. The van der Waals surface area contributed by atoms with Crippen molar-refractivity contribution in [3.63, 3.8) is 0 Å². The summed E-state index contributed by atoms with van der Waals surface area (Å²) in [6.45, 7) is 3.68. The number of anilines is 2. The van der Waals surface area contributed by atoms with Crippen LogP contribution in [-0.4, -0.2) is 27.0 Å². The monoisotopic (exact) mass is 442 g/mol. The van der Waals surface area contributed by atoms with Gasteiger partial charge in [0.1, 0.15) is 0 Å². The first kappa shape index (κ1) is 21.5. The minimum Gasteiger partial charge on any atom is -0.322 e. The molecule has 3 aromatic rings. The Morgan fingerprint density at radius 3 is 2.33 bits per heavy atom. The van der Waals surface area contributed by atoms with Crippen molar-refractivity contribution >= 4 is 51.4 Å². The van der Waals surface area contributed by atoms with E-state index in [1.807, 2.05) is 31.4 Å².